The lowest BCUT2D eigenvalue weighted by Crippen LogP contribution is -2.03. The van der Waals surface area contributed by atoms with Crippen molar-refractivity contribution >= 4 is 39.5 Å². The molecule has 3 aromatic rings. The Kier molecular flexibility index (Phi) is 3.44. The molecular weight excluding hydrogens is 323 g/mol. The van der Waals surface area contributed by atoms with E-state index in [0.29, 0.717) is 5.02 Å². The highest BCUT2D eigenvalue weighted by atomic mass is 35.5. The van der Waals surface area contributed by atoms with Gasteiger partial charge in [0.2, 0.25) is 0 Å². The first-order valence-electron chi connectivity index (χ1n) is 7.13. The highest BCUT2D eigenvalue weighted by molar-refractivity contribution is 7.17. The molecular formula is C16H14Cl2N2S. The van der Waals surface area contributed by atoms with E-state index in [1.54, 1.807) is 17.4 Å². The summed E-state index contributed by atoms with van der Waals surface area (Å²) in [7, 11) is 0. The molecule has 2 heterocycles. The van der Waals surface area contributed by atoms with E-state index in [2.05, 4.69) is 10.6 Å². The van der Waals surface area contributed by atoms with E-state index in [1.807, 2.05) is 12.1 Å². The standard InChI is InChI=1S/C16H14Cl2N2S/c17-11-6-5-10(13(18)8-11)7-12-9-20-15-4-2-1-3-14(15)19-16(20)21-12/h5-6,8-9H,1-4,7H2. The number of halogens is 2. The highest BCUT2D eigenvalue weighted by Crippen LogP contribution is 2.30. The summed E-state index contributed by atoms with van der Waals surface area (Å²) >= 11 is 14.0. The van der Waals surface area contributed by atoms with Crippen molar-refractivity contribution in [1.29, 1.82) is 0 Å². The van der Waals surface area contributed by atoms with Gasteiger partial charge in [0.25, 0.3) is 0 Å². The third kappa shape index (κ3) is 2.48. The number of hydrogen-bond donors (Lipinski definition) is 0. The summed E-state index contributed by atoms with van der Waals surface area (Å²) in [5.41, 5.74) is 3.81. The molecule has 0 N–H and O–H groups in total. The van der Waals surface area contributed by atoms with E-state index < -0.39 is 0 Å². The van der Waals surface area contributed by atoms with Gasteiger partial charge in [-0.2, -0.15) is 0 Å². The van der Waals surface area contributed by atoms with Crippen molar-refractivity contribution in [3.05, 3.63) is 56.3 Å². The van der Waals surface area contributed by atoms with Gasteiger partial charge in [0.05, 0.1) is 5.69 Å². The van der Waals surface area contributed by atoms with Crippen LogP contribution in [0.3, 0.4) is 0 Å². The van der Waals surface area contributed by atoms with Crippen LogP contribution in [0.15, 0.2) is 24.4 Å². The monoisotopic (exact) mass is 336 g/mol. The lowest BCUT2D eigenvalue weighted by atomic mass is 10.0. The van der Waals surface area contributed by atoms with E-state index in [9.17, 15) is 0 Å². The van der Waals surface area contributed by atoms with Gasteiger partial charge in [-0.1, -0.05) is 29.3 Å². The highest BCUT2D eigenvalue weighted by Gasteiger charge is 2.18. The van der Waals surface area contributed by atoms with Crippen molar-refractivity contribution in [3.63, 3.8) is 0 Å². The van der Waals surface area contributed by atoms with E-state index in [1.165, 1.54) is 29.1 Å². The maximum absolute atomic E-state index is 6.27. The third-order valence-corrected chi connectivity index (χ3v) is 5.58. The third-order valence-electron chi connectivity index (χ3n) is 4.01. The Morgan fingerprint density at radius 1 is 1.19 bits per heavy atom. The van der Waals surface area contributed by atoms with E-state index in [-0.39, 0.29) is 0 Å². The Bertz CT molecular complexity index is 819. The number of fused-ring (bicyclic) bond motifs is 3. The Balaban J connectivity index is 1.69. The number of benzene rings is 1. The summed E-state index contributed by atoms with van der Waals surface area (Å²) in [5, 5.41) is 1.41. The number of rotatable bonds is 2. The molecule has 0 saturated heterocycles. The summed E-state index contributed by atoms with van der Waals surface area (Å²) in [6.07, 6.45) is 7.87. The van der Waals surface area contributed by atoms with Crippen LogP contribution in [0.2, 0.25) is 10.0 Å². The van der Waals surface area contributed by atoms with Gasteiger partial charge < -0.3 is 0 Å². The quantitative estimate of drug-likeness (QED) is 0.630. The van der Waals surface area contributed by atoms with Crippen LogP contribution in [0.1, 0.15) is 34.7 Å². The summed E-state index contributed by atoms with van der Waals surface area (Å²) in [4.78, 5) is 7.18. The van der Waals surface area contributed by atoms with E-state index >= 15 is 0 Å². The van der Waals surface area contributed by atoms with Crippen LogP contribution in [-0.2, 0) is 19.3 Å². The number of hydrogen-bond acceptors (Lipinski definition) is 2. The zero-order valence-corrected chi connectivity index (χ0v) is 13.7. The van der Waals surface area contributed by atoms with E-state index in [4.69, 9.17) is 28.2 Å². The second kappa shape index (κ2) is 5.31. The molecule has 0 aliphatic heterocycles. The van der Waals surface area contributed by atoms with Crippen molar-refractivity contribution in [2.24, 2.45) is 0 Å². The van der Waals surface area contributed by atoms with Crippen LogP contribution in [-0.4, -0.2) is 9.38 Å². The molecule has 0 atom stereocenters. The van der Waals surface area contributed by atoms with Gasteiger partial charge in [-0.15, -0.1) is 11.3 Å². The largest absolute Gasteiger partial charge is 0.294 e. The van der Waals surface area contributed by atoms with Crippen LogP contribution >= 0.6 is 34.5 Å². The number of nitrogens with zero attached hydrogens (tertiary/aromatic N) is 2. The SMILES string of the molecule is Clc1ccc(Cc2cn3c4c(nc3s2)CCCC4)c(Cl)c1. The molecule has 0 fully saturated rings. The Hall–Kier alpha value is -1.03. The Morgan fingerprint density at radius 2 is 2.05 bits per heavy atom. The van der Waals surface area contributed by atoms with Gasteiger partial charge in [-0.05, 0) is 43.4 Å². The molecule has 1 aliphatic rings. The predicted octanol–water partition coefficient (Wildman–Crippen LogP) is 5.17. The molecule has 2 aromatic heterocycles. The smallest absolute Gasteiger partial charge is 0.194 e. The number of imidazole rings is 1. The molecule has 2 nitrogen and oxygen atoms in total. The average molecular weight is 337 g/mol. The van der Waals surface area contributed by atoms with Gasteiger partial charge in [0.1, 0.15) is 0 Å². The van der Waals surface area contributed by atoms with Gasteiger partial charge in [0, 0.05) is 33.2 Å². The molecule has 4 rings (SSSR count). The minimum atomic E-state index is 0.679. The molecule has 0 unspecified atom stereocenters. The first-order chi connectivity index (χ1) is 10.2. The number of thiazole rings is 1. The summed E-state index contributed by atoms with van der Waals surface area (Å²) in [6, 6.07) is 5.70. The lowest BCUT2D eigenvalue weighted by molar-refractivity contribution is 0.660. The molecule has 1 aliphatic carbocycles. The average Bonchev–Trinajstić information content (AvgIpc) is 2.99. The van der Waals surface area contributed by atoms with E-state index in [0.717, 1.165) is 34.8 Å². The van der Waals surface area contributed by atoms with Gasteiger partial charge >= 0.3 is 0 Å². The van der Waals surface area contributed by atoms with Crippen LogP contribution in [0.4, 0.5) is 0 Å². The van der Waals surface area contributed by atoms with Crippen LogP contribution in [0, 0.1) is 0 Å². The molecule has 21 heavy (non-hydrogen) atoms. The minimum absolute atomic E-state index is 0.679. The molecule has 0 saturated carbocycles. The summed E-state index contributed by atoms with van der Waals surface area (Å²) in [6.45, 7) is 0. The summed E-state index contributed by atoms with van der Waals surface area (Å²) < 4.78 is 2.28. The molecule has 1 aromatic carbocycles. The molecule has 0 amide bonds. The normalized spacial score (nSPS) is 14.6. The second-order valence-electron chi connectivity index (χ2n) is 5.47. The predicted molar refractivity (Wildman–Crippen MR) is 89.0 cm³/mol. The zero-order chi connectivity index (χ0) is 14.4. The fourth-order valence-corrected chi connectivity index (χ4v) is 4.48. The number of aromatic nitrogens is 2. The second-order valence-corrected chi connectivity index (χ2v) is 7.41. The Morgan fingerprint density at radius 3 is 2.90 bits per heavy atom. The minimum Gasteiger partial charge on any atom is -0.294 e. The fourth-order valence-electron chi connectivity index (χ4n) is 2.97. The van der Waals surface area contributed by atoms with Crippen molar-refractivity contribution in [2.75, 3.05) is 0 Å². The van der Waals surface area contributed by atoms with Gasteiger partial charge in [0.15, 0.2) is 4.96 Å². The van der Waals surface area contributed by atoms with Gasteiger partial charge in [-0.25, -0.2) is 4.98 Å². The molecule has 0 spiro atoms. The topological polar surface area (TPSA) is 17.3 Å². The number of aryl methyl sites for hydroxylation is 2. The molecule has 5 heteroatoms. The Labute approximate surface area is 137 Å². The van der Waals surface area contributed by atoms with Gasteiger partial charge in [-0.3, -0.25) is 4.40 Å². The van der Waals surface area contributed by atoms with Crippen molar-refractivity contribution in [3.8, 4) is 0 Å². The van der Waals surface area contributed by atoms with Crippen LogP contribution in [0.5, 0.6) is 0 Å². The maximum atomic E-state index is 6.27. The first-order valence-corrected chi connectivity index (χ1v) is 8.70. The van der Waals surface area contributed by atoms with Crippen molar-refractivity contribution in [2.45, 2.75) is 32.1 Å². The summed E-state index contributed by atoms with van der Waals surface area (Å²) in [5.74, 6) is 0. The molecule has 108 valence electrons. The molecule has 0 bridgehead atoms. The van der Waals surface area contributed by atoms with Crippen LogP contribution in [0.25, 0.3) is 4.96 Å². The van der Waals surface area contributed by atoms with Crippen LogP contribution < -0.4 is 0 Å². The lowest BCUT2D eigenvalue weighted by Gasteiger charge is -2.09. The maximum Gasteiger partial charge on any atom is 0.194 e. The zero-order valence-electron chi connectivity index (χ0n) is 11.4. The fraction of sp³-hybridized carbons (Fsp3) is 0.312. The first kappa shape index (κ1) is 13.6. The van der Waals surface area contributed by atoms with Crippen molar-refractivity contribution < 1.29 is 0 Å². The molecule has 0 radical (unpaired) electrons. The van der Waals surface area contributed by atoms with Crippen molar-refractivity contribution in [1.82, 2.24) is 9.38 Å².